The molecule has 0 bridgehead atoms. The molecule has 9 rings (SSSR count). The van der Waals surface area contributed by atoms with Crippen molar-refractivity contribution in [1.29, 1.82) is 0 Å². The van der Waals surface area contributed by atoms with E-state index >= 15 is 0 Å². The Hall–Kier alpha value is -4.02. The fourth-order valence-electron chi connectivity index (χ4n) is 6.49. The van der Waals surface area contributed by atoms with Crippen molar-refractivity contribution in [1.82, 2.24) is 4.40 Å². The van der Waals surface area contributed by atoms with Gasteiger partial charge in [-0.2, -0.15) is 0 Å². The van der Waals surface area contributed by atoms with E-state index < -0.39 is 0 Å². The van der Waals surface area contributed by atoms with Gasteiger partial charge in [-0.25, -0.2) is 4.99 Å². The molecule has 3 nitrogen and oxygen atoms in total. The molecule has 0 saturated carbocycles. The third-order valence-corrected chi connectivity index (χ3v) is 9.37. The normalized spacial score (nSPS) is 23.1. The van der Waals surface area contributed by atoms with Gasteiger partial charge in [0.1, 0.15) is 0 Å². The zero-order chi connectivity index (χ0) is 23.4. The lowest BCUT2D eigenvalue weighted by Gasteiger charge is -2.23. The van der Waals surface area contributed by atoms with E-state index in [1.807, 2.05) is 11.8 Å². The summed E-state index contributed by atoms with van der Waals surface area (Å²) in [5, 5.41) is 8.27. The maximum Gasteiger partial charge on any atom is 0.162 e. The van der Waals surface area contributed by atoms with E-state index in [1.165, 1.54) is 48.8 Å². The molecule has 2 aromatic heterocycles. The van der Waals surface area contributed by atoms with Crippen LogP contribution in [0.5, 0.6) is 0 Å². The van der Waals surface area contributed by atoms with Gasteiger partial charge < -0.3 is 5.32 Å². The topological polar surface area (TPSA) is 28.8 Å². The number of hydrogen-bond acceptors (Lipinski definition) is 3. The smallest absolute Gasteiger partial charge is 0.162 e. The lowest BCUT2D eigenvalue weighted by molar-refractivity contribution is 0.891. The number of allylic oxidation sites excluding steroid dienone is 5. The second-order valence-corrected chi connectivity index (χ2v) is 11.2. The van der Waals surface area contributed by atoms with Gasteiger partial charge in [-0.3, -0.25) is 4.40 Å². The number of anilines is 1. The molecule has 0 saturated heterocycles. The van der Waals surface area contributed by atoms with Crippen molar-refractivity contribution in [3.8, 4) is 11.1 Å². The maximum atomic E-state index is 5.22. The maximum absolute atomic E-state index is 5.22. The van der Waals surface area contributed by atoms with Crippen LogP contribution in [0.2, 0.25) is 0 Å². The molecule has 4 aliphatic rings. The largest absolute Gasteiger partial charge is 0.370 e. The monoisotopic (exact) mass is 479 g/mol. The van der Waals surface area contributed by atoms with Crippen LogP contribution in [0.3, 0.4) is 0 Å². The number of thioether (sulfide) groups is 1. The summed E-state index contributed by atoms with van der Waals surface area (Å²) in [5.41, 5.74) is 8.73. The summed E-state index contributed by atoms with van der Waals surface area (Å²) in [6, 6.07) is 20.2. The highest BCUT2D eigenvalue weighted by molar-refractivity contribution is 8.00. The Kier molecular flexibility index (Phi) is 3.63. The van der Waals surface area contributed by atoms with Crippen LogP contribution in [0.15, 0.2) is 113 Å². The summed E-state index contributed by atoms with van der Waals surface area (Å²) >= 11 is 2.00. The molecule has 1 N–H and O–H groups in total. The van der Waals surface area contributed by atoms with E-state index in [9.17, 15) is 0 Å². The lowest BCUT2D eigenvalue weighted by atomic mass is 9.88. The standard InChI is InChI=1S/C32H21N3S/c1-2-8-18(9-3-1)19-14-15-25-21(16-19)29-28-20-10-4-7-13-26(20)36-27(28)17-22-30-32(35(25)31(22)29)34-24-12-6-5-11-23(24)33-30/h1-17,20,23,26,33H. The molecule has 4 heteroatoms. The Morgan fingerprint density at radius 2 is 1.72 bits per heavy atom. The van der Waals surface area contributed by atoms with Crippen LogP contribution in [0.25, 0.3) is 38.3 Å². The number of aliphatic imine (C=N–C) groups is 1. The zero-order valence-corrected chi connectivity index (χ0v) is 20.2. The van der Waals surface area contributed by atoms with Gasteiger partial charge in [0.2, 0.25) is 0 Å². The molecule has 170 valence electrons. The number of aromatic nitrogens is 1. The van der Waals surface area contributed by atoms with Crippen molar-refractivity contribution in [3.63, 3.8) is 0 Å². The number of nitrogens with one attached hydrogen (secondary N) is 1. The number of hydrogen-bond donors (Lipinski definition) is 1. The van der Waals surface area contributed by atoms with Crippen LogP contribution < -0.4 is 5.32 Å². The number of fused-ring (bicyclic) bond motifs is 11. The van der Waals surface area contributed by atoms with E-state index in [0.717, 1.165) is 17.2 Å². The predicted molar refractivity (Wildman–Crippen MR) is 152 cm³/mol. The molecule has 0 amide bonds. The van der Waals surface area contributed by atoms with Gasteiger partial charge in [-0.1, -0.05) is 78.9 Å². The summed E-state index contributed by atoms with van der Waals surface area (Å²) in [6.45, 7) is 0. The molecule has 0 radical (unpaired) electrons. The highest BCUT2D eigenvalue weighted by Crippen LogP contribution is 2.56. The second kappa shape index (κ2) is 6.80. The van der Waals surface area contributed by atoms with Crippen molar-refractivity contribution >= 4 is 56.2 Å². The third-order valence-electron chi connectivity index (χ3n) is 8.06. The SMILES string of the molecule is C1=CC2=Nc3c(c4cc5c(c6c7cc(-c8ccccc8)ccc7n3c46)C3C=CC=CC3S5)NC2C=C1. The molecule has 0 fully saturated rings. The number of benzene rings is 3. The molecule has 3 aromatic carbocycles. The highest BCUT2D eigenvalue weighted by atomic mass is 32.2. The van der Waals surface area contributed by atoms with Crippen LogP contribution in [-0.2, 0) is 0 Å². The van der Waals surface area contributed by atoms with Gasteiger partial charge >= 0.3 is 0 Å². The van der Waals surface area contributed by atoms with E-state index in [1.54, 1.807) is 0 Å². The van der Waals surface area contributed by atoms with Gasteiger partial charge in [0, 0.05) is 32.2 Å². The minimum atomic E-state index is 0.124. The molecular weight excluding hydrogens is 458 g/mol. The Morgan fingerprint density at radius 3 is 2.67 bits per heavy atom. The van der Waals surface area contributed by atoms with Crippen molar-refractivity contribution in [2.24, 2.45) is 4.99 Å². The van der Waals surface area contributed by atoms with Crippen LogP contribution in [-0.4, -0.2) is 21.4 Å². The average molecular weight is 480 g/mol. The van der Waals surface area contributed by atoms with Gasteiger partial charge in [-0.15, -0.1) is 11.8 Å². The Bertz CT molecular complexity index is 1900. The van der Waals surface area contributed by atoms with Crippen LogP contribution in [0.1, 0.15) is 11.5 Å². The second-order valence-electron chi connectivity index (χ2n) is 9.97. The fraction of sp³-hybridized carbons (Fsp3) is 0.0938. The Morgan fingerprint density at radius 1 is 0.833 bits per heavy atom. The molecule has 36 heavy (non-hydrogen) atoms. The van der Waals surface area contributed by atoms with Gasteiger partial charge in [0.05, 0.1) is 28.5 Å². The quantitative estimate of drug-likeness (QED) is 0.264. The minimum Gasteiger partial charge on any atom is -0.370 e. The van der Waals surface area contributed by atoms with Crippen LogP contribution in [0.4, 0.5) is 11.5 Å². The summed E-state index contributed by atoms with van der Waals surface area (Å²) in [5.74, 6) is 1.42. The van der Waals surface area contributed by atoms with E-state index in [0.29, 0.717) is 11.2 Å². The number of rotatable bonds is 1. The summed E-state index contributed by atoms with van der Waals surface area (Å²) in [7, 11) is 0. The Balaban J connectivity index is 1.43. The average Bonchev–Trinajstić information content (AvgIpc) is 3.57. The zero-order valence-electron chi connectivity index (χ0n) is 19.3. The van der Waals surface area contributed by atoms with E-state index in [2.05, 4.69) is 113 Å². The van der Waals surface area contributed by atoms with Crippen LogP contribution >= 0.6 is 11.8 Å². The first-order valence-corrected chi connectivity index (χ1v) is 13.4. The van der Waals surface area contributed by atoms with Crippen molar-refractivity contribution < 1.29 is 0 Å². The predicted octanol–water partition coefficient (Wildman–Crippen LogP) is 8.03. The first-order chi connectivity index (χ1) is 17.8. The lowest BCUT2D eigenvalue weighted by Crippen LogP contribution is -2.29. The molecule has 2 aliphatic carbocycles. The molecule has 3 unspecified atom stereocenters. The molecule has 4 heterocycles. The summed E-state index contributed by atoms with van der Waals surface area (Å²) in [6.07, 6.45) is 17.7. The summed E-state index contributed by atoms with van der Waals surface area (Å²) < 4.78 is 2.41. The van der Waals surface area contributed by atoms with Gasteiger partial charge in [0.25, 0.3) is 0 Å². The third kappa shape index (κ3) is 2.37. The Labute approximate surface area is 212 Å². The highest BCUT2D eigenvalue weighted by Gasteiger charge is 2.37. The van der Waals surface area contributed by atoms with Gasteiger partial charge in [-0.05, 0) is 41.0 Å². The first-order valence-electron chi connectivity index (χ1n) is 12.5. The number of nitrogens with zero attached hydrogens (tertiary/aromatic N) is 2. The minimum absolute atomic E-state index is 0.124. The molecule has 0 spiro atoms. The van der Waals surface area contributed by atoms with E-state index in [4.69, 9.17) is 4.99 Å². The van der Waals surface area contributed by atoms with Crippen molar-refractivity contribution in [3.05, 3.63) is 109 Å². The first kappa shape index (κ1) is 19.2. The molecule has 3 atom stereocenters. The van der Waals surface area contributed by atoms with Crippen LogP contribution in [0, 0.1) is 0 Å². The van der Waals surface area contributed by atoms with Gasteiger partial charge in [0.15, 0.2) is 5.82 Å². The summed E-state index contributed by atoms with van der Waals surface area (Å²) in [4.78, 5) is 6.62. The molecular formula is C32H21N3S. The van der Waals surface area contributed by atoms with Crippen molar-refractivity contribution in [2.45, 2.75) is 22.1 Å². The fourth-order valence-corrected chi connectivity index (χ4v) is 7.88. The van der Waals surface area contributed by atoms with E-state index in [-0.39, 0.29) is 6.04 Å². The molecule has 5 aromatic rings. The van der Waals surface area contributed by atoms with Crippen molar-refractivity contribution in [2.75, 3.05) is 5.32 Å². The molecule has 2 aliphatic heterocycles.